The molecule has 1 aliphatic rings. The summed E-state index contributed by atoms with van der Waals surface area (Å²) in [5.41, 5.74) is 1.67. The van der Waals surface area contributed by atoms with Gasteiger partial charge in [-0.25, -0.2) is 0 Å². The minimum Gasteiger partial charge on any atom is -0.361 e. The van der Waals surface area contributed by atoms with Gasteiger partial charge in [0.15, 0.2) is 0 Å². The van der Waals surface area contributed by atoms with E-state index in [9.17, 15) is 4.79 Å². The maximum Gasteiger partial charge on any atom is 0.232 e. The Labute approximate surface area is 118 Å². The van der Waals surface area contributed by atoms with E-state index in [1.165, 1.54) is 0 Å². The van der Waals surface area contributed by atoms with Crippen molar-refractivity contribution in [3.63, 3.8) is 0 Å². The van der Waals surface area contributed by atoms with Crippen molar-refractivity contribution < 1.29 is 4.79 Å². The predicted octanol–water partition coefficient (Wildman–Crippen LogP) is 2.74. The highest BCUT2D eigenvalue weighted by atomic mass is 16.2. The van der Waals surface area contributed by atoms with Gasteiger partial charge >= 0.3 is 0 Å². The van der Waals surface area contributed by atoms with Gasteiger partial charge in [0.2, 0.25) is 5.91 Å². The maximum absolute atomic E-state index is 12.7. The first-order valence-electron chi connectivity index (χ1n) is 7.21. The normalized spacial score (nSPS) is 22.6. The zero-order chi connectivity index (χ0) is 14.2. The number of carbonyl (C=O) groups excluding carboxylic acids is 1. The van der Waals surface area contributed by atoms with Gasteiger partial charge in [-0.05, 0) is 43.1 Å². The minimum atomic E-state index is -0.285. The highest BCUT2D eigenvalue weighted by Gasteiger charge is 2.43. The van der Waals surface area contributed by atoms with E-state index in [0.29, 0.717) is 5.92 Å². The molecule has 106 valence electrons. The topological polar surface area (TPSA) is 56.9 Å². The molecule has 0 aliphatic carbocycles. The number of carbonyl (C=O) groups is 1. The average Bonchev–Trinajstić information content (AvgIpc) is 3.07. The van der Waals surface area contributed by atoms with Crippen LogP contribution in [0.25, 0.3) is 10.9 Å². The summed E-state index contributed by atoms with van der Waals surface area (Å²) >= 11 is 0. The van der Waals surface area contributed by atoms with Crippen LogP contribution in [0, 0.1) is 11.3 Å². The number of hydrogen-bond acceptors (Lipinski definition) is 2. The van der Waals surface area contributed by atoms with Crippen molar-refractivity contribution >= 4 is 22.5 Å². The van der Waals surface area contributed by atoms with Crippen molar-refractivity contribution in [2.45, 2.75) is 20.3 Å². The second kappa shape index (κ2) is 4.94. The number of nitrogens with one attached hydrogen (secondary N) is 3. The van der Waals surface area contributed by atoms with E-state index in [1.807, 2.05) is 30.5 Å². The standard InChI is InChI=1S/C16H21N3O/c1-11(2)16(6-8-17-10-16)15(20)19-13-3-4-14-12(9-13)5-7-18-14/h3-5,7,9,11,17-18H,6,8,10H2,1-2H3,(H,19,20). The van der Waals surface area contributed by atoms with Crippen LogP contribution in [0.2, 0.25) is 0 Å². The van der Waals surface area contributed by atoms with Crippen LogP contribution in [-0.2, 0) is 4.79 Å². The van der Waals surface area contributed by atoms with Crippen LogP contribution in [0.3, 0.4) is 0 Å². The van der Waals surface area contributed by atoms with E-state index < -0.39 is 0 Å². The van der Waals surface area contributed by atoms with Crippen molar-refractivity contribution in [1.82, 2.24) is 10.3 Å². The number of aromatic amines is 1. The van der Waals surface area contributed by atoms with Crippen molar-refractivity contribution in [2.75, 3.05) is 18.4 Å². The van der Waals surface area contributed by atoms with E-state index in [-0.39, 0.29) is 11.3 Å². The van der Waals surface area contributed by atoms with Crippen LogP contribution in [-0.4, -0.2) is 24.0 Å². The Bertz CT molecular complexity index is 623. The molecule has 1 fully saturated rings. The molecule has 20 heavy (non-hydrogen) atoms. The highest BCUT2D eigenvalue weighted by molar-refractivity contribution is 5.97. The van der Waals surface area contributed by atoms with Gasteiger partial charge in [-0.3, -0.25) is 4.79 Å². The Kier molecular flexibility index (Phi) is 3.26. The summed E-state index contributed by atoms with van der Waals surface area (Å²) in [5, 5.41) is 7.53. The number of hydrogen-bond donors (Lipinski definition) is 3. The molecule has 1 aromatic heterocycles. The van der Waals surface area contributed by atoms with Gasteiger partial charge in [-0.1, -0.05) is 13.8 Å². The van der Waals surface area contributed by atoms with Gasteiger partial charge in [0.05, 0.1) is 5.41 Å². The van der Waals surface area contributed by atoms with E-state index in [2.05, 4.69) is 29.5 Å². The molecule has 4 heteroatoms. The molecule has 3 N–H and O–H groups in total. The third-order valence-corrected chi connectivity index (χ3v) is 4.56. The molecule has 0 saturated carbocycles. The summed E-state index contributed by atoms with van der Waals surface area (Å²) in [5.74, 6) is 0.459. The van der Waals surface area contributed by atoms with E-state index >= 15 is 0 Å². The SMILES string of the molecule is CC(C)C1(C(=O)Nc2ccc3[nH]ccc3c2)CCNC1. The first-order valence-corrected chi connectivity index (χ1v) is 7.21. The molecule has 1 aromatic carbocycles. The van der Waals surface area contributed by atoms with Crippen LogP contribution >= 0.6 is 0 Å². The Morgan fingerprint density at radius 2 is 2.20 bits per heavy atom. The van der Waals surface area contributed by atoms with Crippen LogP contribution in [0.5, 0.6) is 0 Å². The van der Waals surface area contributed by atoms with Crippen molar-refractivity contribution in [3.05, 3.63) is 30.5 Å². The minimum absolute atomic E-state index is 0.132. The number of H-pyrrole nitrogens is 1. The number of fused-ring (bicyclic) bond motifs is 1. The molecule has 1 saturated heterocycles. The quantitative estimate of drug-likeness (QED) is 0.804. The third-order valence-electron chi connectivity index (χ3n) is 4.56. The molecule has 2 heterocycles. The number of benzene rings is 1. The number of amides is 1. The molecule has 1 unspecified atom stereocenters. The summed E-state index contributed by atoms with van der Waals surface area (Å²) in [4.78, 5) is 15.9. The second-order valence-electron chi connectivity index (χ2n) is 5.97. The number of anilines is 1. The first kappa shape index (κ1) is 13.2. The monoisotopic (exact) mass is 271 g/mol. The fourth-order valence-corrected chi connectivity index (χ4v) is 3.05. The van der Waals surface area contributed by atoms with Gasteiger partial charge in [0.25, 0.3) is 0 Å². The predicted molar refractivity (Wildman–Crippen MR) is 81.7 cm³/mol. The molecule has 2 aromatic rings. The zero-order valence-electron chi connectivity index (χ0n) is 12.0. The molecule has 3 rings (SSSR count). The lowest BCUT2D eigenvalue weighted by atomic mass is 9.75. The third kappa shape index (κ3) is 2.10. The fraction of sp³-hybridized carbons (Fsp3) is 0.438. The van der Waals surface area contributed by atoms with Crippen molar-refractivity contribution in [2.24, 2.45) is 11.3 Å². The Hall–Kier alpha value is -1.81. The Morgan fingerprint density at radius 1 is 1.35 bits per heavy atom. The van der Waals surface area contributed by atoms with Crippen LogP contribution in [0.4, 0.5) is 5.69 Å². The lowest BCUT2D eigenvalue weighted by molar-refractivity contribution is -0.126. The number of rotatable bonds is 3. The first-order chi connectivity index (χ1) is 9.62. The maximum atomic E-state index is 12.7. The molecule has 0 spiro atoms. The molecule has 0 bridgehead atoms. The molecule has 1 aliphatic heterocycles. The molecule has 0 radical (unpaired) electrons. The van der Waals surface area contributed by atoms with E-state index in [4.69, 9.17) is 0 Å². The van der Waals surface area contributed by atoms with Gasteiger partial charge < -0.3 is 15.6 Å². The average molecular weight is 271 g/mol. The lowest BCUT2D eigenvalue weighted by Crippen LogP contribution is -2.42. The van der Waals surface area contributed by atoms with E-state index in [1.54, 1.807) is 0 Å². The lowest BCUT2D eigenvalue weighted by Gasteiger charge is -2.31. The van der Waals surface area contributed by atoms with Crippen LogP contribution < -0.4 is 10.6 Å². The van der Waals surface area contributed by atoms with Crippen LogP contribution in [0.15, 0.2) is 30.5 Å². The molecular weight excluding hydrogens is 250 g/mol. The smallest absolute Gasteiger partial charge is 0.232 e. The molecule has 1 atom stereocenters. The fourth-order valence-electron chi connectivity index (χ4n) is 3.05. The summed E-state index contributed by atoms with van der Waals surface area (Å²) in [6, 6.07) is 7.98. The van der Waals surface area contributed by atoms with Gasteiger partial charge in [-0.15, -0.1) is 0 Å². The molecular formula is C16H21N3O. The highest BCUT2D eigenvalue weighted by Crippen LogP contribution is 2.35. The van der Waals surface area contributed by atoms with Crippen molar-refractivity contribution in [3.8, 4) is 0 Å². The Morgan fingerprint density at radius 3 is 2.90 bits per heavy atom. The summed E-state index contributed by atoms with van der Waals surface area (Å²) < 4.78 is 0. The summed E-state index contributed by atoms with van der Waals surface area (Å²) in [6.45, 7) is 5.94. The summed E-state index contributed by atoms with van der Waals surface area (Å²) in [6.07, 6.45) is 2.82. The second-order valence-corrected chi connectivity index (χ2v) is 5.97. The largest absolute Gasteiger partial charge is 0.361 e. The Balaban J connectivity index is 1.84. The van der Waals surface area contributed by atoms with Crippen molar-refractivity contribution in [1.29, 1.82) is 0 Å². The molecule has 1 amide bonds. The van der Waals surface area contributed by atoms with E-state index in [0.717, 1.165) is 36.1 Å². The number of aromatic nitrogens is 1. The zero-order valence-corrected chi connectivity index (χ0v) is 12.0. The van der Waals surface area contributed by atoms with Gasteiger partial charge in [-0.2, -0.15) is 0 Å². The van der Waals surface area contributed by atoms with Crippen LogP contribution in [0.1, 0.15) is 20.3 Å². The molecule has 4 nitrogen and oxygen atoms in total. The van der Waals surface area contributed by atoms with Gasteiger partial charge in [0.1, 0.15) is 0 Å². The van der Waals surface area contributed by atoms with Gasteiger partial charge in [0, 0.05) is 29.3 Å². The summed E-state index contributed by atoms with van der Waals surface area (Å²) in [7, 11) is 0.